The summed E-state index contributed by atoms with van der Waals surface area (Å²) in [6.45, 7) is 4.99. The molecule has 0 radical (unpaired) electrons. The van der Waals surface area contributed by atoms with Gasteiger partial charge in [-0.1, -0.05) is 19.0 Å². The van der Waals surface area contributed by atoms with Crippen molar-refractivity contribution in [2.45, 2.75) is 52.2 Å². The van der Waals surface area contributed by atoms with Crippen LogP contribution < -0.4 is 10.6 Å². The molecule has 0 saturated carbocycles. The lowest BCUT2D eigenvalue weighted by molar-refractivity contribution is 0.0835. The van der Waals surface area contributed by atoms with Crippen LogP contribution in [0.1, 0.15) is 55.8 Å². The normalized spacial score (nSPS) is 17.0. The highest BCUT2D eigenvalue weighted by Crippen LogP contribution is 2.26. The van der Waals surface area contributed by atoms with Crippen LogP contribution in [-0.4, -0.2) is 32.6 Å². The maximum atomic E-state index is 12.2. The Morgan fingerprint density at radius 1 is 1.36 bits per heavy atom. The number of nitrogens with zero attached hydrogens (tertiary/aromatic N) is 4. The number of anilines is 1. The van der Waals surface area contributed by atoms with E-state index in [0.29, 0.717) is 24.1 Å². The minimum atomic E-state index is -0.330. The second-order valence-electron chi connectivity index (χ2n) is 5.96. The fourth-order valence-corrected chi connectivity index (χ4v) is 2.99. The van der Waals surface area contributed by atoms with Crippen molar-refractivity contribution < 1.29 is 14.1 Å². The monoisotopic (exact) mass is 348 g/mol. The van der Waals surface area contributed by atoms with E-state index < -0.39 is 0 Å². The first kappa shape index (κ1) is 17.4. The Morgan fingerprint density at radius 2 is 2.20 bits per heavy atom. The summed E-state index contributed by atoms with van der Waals surface area (Å²) < 4.78 is 12.4. The van der Waals surface area contributed by atoms with Gasteiger partial charge < -0.3 is 14.6 Å². The molecule has 2 aromatic heterocycles. The number of urea groups is 1. The molecule has 0 unspecified atom stereocenters. The van der Waals surface area contributed by atoms with Crippen molar-refractivity contribution in [3.63, 3.8) is 0 Å². The lowest BCUT2D eigenvalue weighted by Gasteiger charge is -2.08. The third kappa shape index (κ3) is 3.81. The van der Waals surface area contributed by atoms with Crippen LogP contribution in [0.15, 0.2) is 4.52 Å². The minimum absolute atomic E-state index is 0.121. The first-order valence-corrected chi connectivity index (χ1v) is 8.66. The molecule has 25 heavy (non-hydrogen) atoms. The summed E-state index contributed by atoms with van der Waals surface area (Å²) >= 11 is 0. The number of hydrogen-bond donors (Lipinski definition) is 2. The molecule has 1 aliphatic heterocycles. The summed E-state index contributed by atoms with van der Waals surface area (Å²) in [4.78, 5) is 16.5. The fourth-order valence-electron chi connectivity index (χ4n) is 2.99. The van der Waals surface area contributed by atoms with Gasteiger partial charge in [-0.25, -0.2) is 4.79 Å². The Morgan fingerprint density at radius 3 is 2.88 bits per heavy atom. The highest BCUT2D eigenvalue weighted by molar-refractivity contribution is 5.89. The second-order valence-corrected chi connectivity index (χ2v) is 5.96. The number of rotatable bonds is 6. The number of nitrogens with one attached hydrogen (secondary N) is 2. The lowest BCUT2D eigenvalue weighted by Crippen LogP contribution is -2.29. The summed E-state index contributed by atoms with van der Waals surface area (Å²) in [5, 5.41) is 13.9. The molecule has 1 atom stereocenters. The van der Waals surface area contributed by atoms with Crippen LogP contribution in [0.5, 0.6) is 0 Å². The Labute approximate surface area is 146 Å². The Balaban J connectivity index is 1.57. The van der Waals surface area contributed by atoms with E-state index in [1.165, 1.54) is 0 Å². The molecule has 2 amide bonds. The Hall–Kier alpha value is -2.42. The molecule has 2 aromatic rings. The molecule has 0 bridgehead atoms. The number of aryl methyl sites for hydroxylation is 2. The Bertz CT molecular complexity index is 732. The molecule has 136 valence electrons. The van der Waals surface area contributed by atoms with Crippen molar-refractivity contribution in [3.8, 4) is 0 Å². The zero-order valence-corrected chi connectivity index (χ0v) is 14.8. The number of carbonyl (C=O) groups is 1. The highest BCUT2D eigenvalue weighted by atomic mass is 16.5. The van der Waals surface area contributed by atoms with E-state index in [-0.39, 0.29) is 18.7 Å². The molecule has 0 aromatic carbocycles. The summed E-state index contributed by atoms with van der Waals surface area (Å²) in [6.07, 6.45) is 3.39. The van der Waals surface area contributed by atoms with Gasteiger partial charge in [0.05, 0.1) is 12.2 Å². The van der Waals surface area contributed by atoms with Crippen molar-refractivity contribution in [2.75, 3.05) is 11.9 Å². The maximum absolute atomic E-state index is 12.2. The lowest BCUT2D eigenvalue weighted by atomic mass is 10.1. The van der Waals surface area contributed by atoms with Crippen molar-refractivity contribution in [1.82, 2.24) is 25.2 Å². The smallest absolute Gasteiger partial charge is 0.320 e. The standard InChI is InChI=1S/C16H24N6O3/c1-4-10-11(5-2)20-22(3)14(10)19-16(23)17-9-13-18-15(25-21-13)12-7-6-8-24-12/h12H,4-9H2,1-3H3,(H2,17,19,23)/t12-/m1/s1. The van der Waals surface area contributed by atoms with Crippen LogP contribution in [0.2, 0.25) is 0 Å². The van der Waals surface area contributed by atoms with Crippen LogP contribution >= 0.6 is 0 Å². The van der Waals surface area contributed by atoms with Crippen LogP contribution in [0.3, 0.4) is 0 Å². The van der Waals surface area contributed by atoms with E-state index in [0.717, 1.165) is 36.9 Å². The molecule has 3 heterocycles. The van der Waals surface area contributed by atoms with Crippen LogP contribution in [0, 0.1) is 0 Å². The Kier molecular flexibility index (Phi) is 5.32. The predicted octanol–water partition coefficient (Wildman–Crippen LogP) is 2.10. The summed E-state index contributed by atoms with van der Waals surface area (Å²) in [6, 6.07) is -0.330. The van der Waals surface area contributed by atoms with E-state index in [9.17, 15) is 4.79 Å². The number of carbonyl (C=O) groups excluding carboxylic acids is 1. The molecule has 0 spiro atoms. The topological polar surface area (TPSA) is 107 Å². The molecule has 1 saturated heterocycles. The van der Waals surface area contributed by atoms with Gasteiger partial charge in [0.2, 0.25) is 0 Å². The molecular formula is C16H24N6O3. The number of ether oxygens (including phenoxy) is 1. The molecule has 2 N–H and O–H groups in total. The maximum Gasteiger partial charge on any atom is 0.320 e. The van der Waals surface area contributed by atoms with Crippen LogP contribution in [-0.2, 0) is 31.2 Å². The van der Waals surface area contributed by atoms with Crippen molar-refractivity contribution in [3.05, 3.63) is 23.0 Å². The minimum Gasteiger partial charge on any atom is -0.368 e. The molecule has 9 nitrogen and oxygen atoms in total. The van der Waals surface area contributed by atoms with Gasteiger partial charge in [-0.15, -0.1) is 0 Å². The van der Waals surface area contributed by atoms with Crippen LogP contribution in [0.4, 0.5) is 10.6 Å². The van der Waals surface area contributed by atoms with Crippen molar-refractivity contribution in [1.29, 1.82) is 0 Å². The average Bonchev–Trinajstić information content (AvgIpc) is 3.33. The molecule has 3 rings (SSSR count). The van der Waals surface area contributed by atoms with Gasteiger partial charge in [-0.3, -0.25) is 10.00 Å². The molecule has 1 fully saturated rings. The first-order chi connectivity index (χ1) is 12.1. The molecule has 1 aliphatic rings. The SMILES string of the molecule is CCc1nn(C)c(NC(=O)NCc2noc([C@H]3CCCO3)n2)c1CC. The van der Waals surface area contributed by atoms with Gasteiger partial charge in [-0.2, -0.15) is 10.1 Å². The molecular weight excluding hydrogens is 324 g/mol. The highest BCUT2D eigenvalue weighted by Gasteiger charge is 2.24. The number of aromatic nitrogens is 4. The zero-order valence-electron chi connectivity index (χ0n) is 14.8. The second kappa shape index (κ2) is 7.64. The summed E-state index contributed by atoms with van der Waals surface area (Å²) in [5.41, 5.74) is 2.06. The van der Waals surface area contributed by atoms with E-state index in [2.05, 4.69) is 25.9 Å². The van der Waals surface area contributed by atoms with Gasteiger partial charge in [0.1, 0.15) is 11.9 Å². The van der Waals surface area contributed by atoms with E-state index in [4.69, 9.17) is 9.26 Å². The molecule has 9 heteroatoms. The van der Waals surface area contributed by atoms with Crippen molar-refractivity contribution >= 4 is 11.8 Å². The summed E-state index contributed by atoms with van der Waals surface area (Å²) in [7, 11) is 1.82. The largest absolute Gasteiger partial charge is 0.368 e. The van der Waals surface area contributed by atoms with E-state index >= 15 is 0 Å². The third-order valence-electron chi connectivity index (χ3n) is 4.24. The first-order valence-electron chi connectivity index (χ1n) is 8.66. The fraction of sp³-hybridized carbons (Fsp3) is 0.625. The van der Waals surface area contributed by atoms with Gasteiger partial charge >= 0.3 is 6.03 Å². The van der Waals surface area contributed by atoms with Crippen LogP contribution in [0.25, 0.3) is 0 Å². The van der Waals surface area contributed by atoms with Gasteiger partial charge in [0, 0.05) is 19.2 Å². The van der Waals surface area contributed by atoms with Crippen molar-refractivity contribution in [2.24, 2.45) is 7.05 Å². The number of hydrogen-bond acceptors (Lipinski definition) is 6. The van der Waals surface area contributed by atoms with Gasteiger partial charge in [0.25, 0.3) is 5.89 Å². The van der Waals surface area contributed by atoms with Gasteiger partial charge in [0.15, 0.2) is 5.82 Å². The van der Waals surface area contributed by atoms with E-state index in [1.54, 1.807) is 4.68 Å². The average molecular weight is 348 g/mol. The third-order valence-corrected chi connectivity index (χ3v) is 4.24. The van der Waals surface area contributed by atoms with E-state index in [1.807, 2.05) is 20.9 Å². The quantitative estimate of drug-likeness (QED) is 0.828. The molecule has 0 aliphatic carbocycles. The predicted molar refractivity (Wildman–Crippen MR) is 90.0 cm³/mol. The number of amides is 2. The summed E-state index contributed by atoms with van der Waals surface area (Å²) in [5.74, 6) is 1.61. The van der Waals surface area contributed by atoms with Gasteiger partial charge in [-0.05, 0) is 25.7 Å². The zero-order chi connectivity index (χ0) is 17.8.